The van der Waals surface area contributed by atoms with Gasteiger partial charge in [-0.1, -0.05) is 24.6 Å². The van der Waals surface area contributed by atoms with Gasteiger partial charge in [0, 0.05) is 18.9 Å². The Bertz CT molecular complexity index is 1680. The summed E-state index contributed by atoms with van der Waals surface area (Å²) in [7, 11) is 2.74. The van der Waals surface area contributed by atoms with E-state index in [4.69, 9.17) is 45.1 Å². The lowest BCUT2D eigenvalue weighted by atomic mass is 9.42. The monoisotopic (exact) mass is 642 g/mol. The van der Waals surface area contributed by atoms with Crippen LogP contribution in [0.25, 0.3) is 0 Å². The Kier molecular flexibility index (Phi) is 5.70. The fraction of sp³-hybridized carbons (Fsp3) is 0.576. The summed E-state index contributed by atoms with van der Waals surface area (Å²) in [6, 6.07) is 3.00. The summed E-state index contributed by atoms with van der Waals surface area (Å²) in [6.07, 6.45) is 2.89. The lowest BCUT2D eigenvalue weighted by Crippen LogP contribution is -2.90. The number of phenols is 1. The van der Waals surface area contributed by atoms with Crippen molar-refractivity contribution in [2.75, 3.05) is 14.2 Å². The van der Waals surface area contributed by atoms with Gasteiger partial charge in [-0.05, 0) is 68.5 Å². The maximum absolute atomic E-state index is 14.2. The smallest absolute Gasteiger partial charge is 0.349 e. The lowest BCUT2D eigenvalue weighted by Gasteiger charge is -2.71. The van der Waals surface area contributed by atoms with Gasteiger partial charge in [0.15, 0.2) is 5.41 Å². The standard InChI is InChI=1S/C33H35ClO11/c1-15(2)7-8-30-24-17(11-20(36)25(30)42-30)18-12-28(4)14-29(27(38)40-6)13-22(39-5)31(28,34)32(18,45-44-24)33(29)41-21-10-16(3)9-19(35)23(21)26(37)43-33/h7,9-12,20,22,24-25,35-36H,8,13-14H2,1-6H3/t20-,22+,24+,25-,28-,29-,30+,31-,32+,33?/m0/s1. The SMILES string of the molecule is COC(=O)[C@@]12C[C@@H](OC)[C@]3(Cl)[C@@](C)(C=C4C5=C[C@H](O)[C@@H]6O[C@]6(CC=C(C)C)[C@@H]5OO[C@]43C13OC(=O)c1c(O)cc(C)cc1O3)C2. The van der Waals surface area contributed by atoms with Crippen LogP contribution >= 0.6 is 11.6 Å². The zero-order chi connectivity index (χ0) is 32.1. The van der Waals surface area contributed by atoms with E-state index in [9.17, 15) is 19.8 Å². The van der Waals surface area contributed by atoms with Gasteiger partial charge in [-0.25, -0.2) is 14.6 Å². The molecule has 9 rings (SSSR count). The van der Waals surface area contributed by atoms with Crippen molar-refractivity contribution in [1.29, 1.82) is 0 Å². The Morgan fingerprint density at radius 3 is 2.67 bits per heavy atom. The maximum Gasteiger partial charge on any atom is 0.349 e. The third-order valence-corrected chi connectivity index (χ3v) is 12.2. The zero-order valence-electron chi connectivity index (χ0n) is 25.8. The van der Waals surface area contributed by atoms with Gasteiger partial charge in [0.1, 0.15) is 45.8 Å². The third kappa shape index (κ3) is 3.02. The second kappa shape index (κ2) is 8.70. The first-order chi connectivity index (χ1) is 21.2. The minimum Gasteiger partial charge on any atom is -0.507 e. The van der Waals surface area contributed by atoms with Crippen LogP contribution in [0, 0.1) is 17.8 Å². The Balaban J connectivity index is 1.41. The van der Waals surface area contributed by atoms with E-state index in [1.807, 2.05) is 32.9 Å². The molecule has 3 aliphatic heterocycles. The second-order valence-corrected chi connectivity index (χ2v) is 14.6. The number of aliphatic hydroxyl groups excluding tert-OH is 1. The van der Waals surface area contributed by atoms with Crippen LogP contribution in [-0.4, -0.2) is 82.7 Å². The molecule has 1 aromatic carbocycles. The highest BCUT2D eigenvalue weighted by Crippen LogP contribution is 2.81. The first-order valence-electron chi connectivity index (χ1n) is 15.1. The Morgan fingerprint density at radius 1 is 1.22 bits per heavy atom. The summed E-state index contributed by atoms with van der Waals surface area (Å²) in [5.41, 5.74) is -3.23. The molecule has 5 fully saturated rings. The van der Waals surface area contributed by atoms with Crippen LogP contribution in [0.15, 0.2) is 47.1 Å². The zero-order valence-corrected chi connectivity index (χ0v) is 26.5. The van der Waals surface area contributed by atoms with Gasteiger partial charge in [-0.3, -0.25) is 4.79 Å². The predicted molar refractivity (Wildman–Crippen MR) is 155 cm³/mol. The van der Waals surface area contributed by atoms with E-state index in [1.165, 1.54) is 20.3 Å². The van der Waals surface area contributed by atoms with E-state index in [2.05, 4.69) is 0 Å². The van der Waals surface area contributed by atoms with Crippen LogP contribution in [-0.2, 0) is 33.5 Å². The molecule has 3 heterocycles. The van der Waals surface area contributed by atoms with Crippen LogP contribution in [0.1, 0.15) is 56.0 Å². The molecular weight excluding hydrogens is 608 g/mol. The van der Waals surface area contributed by atoms with E-state index >= 15 is 0 Å². The molecule has 12 heteroatoms. The number of methoxy groups -OCH3 is 2. The first kappa shape index (κ1) is 29.5. The molecule has 2 N–H and O–H groups in total. The highest BCUT2D eigenvalue weighted by molar-refractivity contribution is 6.28. The number of epoxide rings is 1. The van der Waals surface area contributed by atoms with Crippen molar-refractivity contribution in [3.63, 3.8) is 0 Å². The molecule has 5 aliphatic carbocycles. The number of phenolic OH excluding ortho intramolecular Hbond substituents is 1. The predicted octanol–water partition coefficient (Wildman–Crippen LogP) is 3.72. The third-order valence-electron chi connectivity index (χ3n) is 11.3. The Labute approximate surface area is 264 Å². The number of carbonyl (C=O) groups is 2. The molecule has 1 unspecified atom stereocenters. The molecule has 0 amide bonds. The number of allylic oxidation sites excluding steroid dienone is 2. The molecule has 4 bridgehead atoms. The fourth-order valence-electron chi connectivity index (χ4n) is 9.47. The van der Waals surface area contributed by atoms with E-state index in [0.717, 1.165) is 5.57 Å². The molecule has 11 nitrogen and oxygen atoms in total. The number of hydrogen-bond acceptors (Lipinski definition) is 11. The highest BCUT2D eigenvalue weighted by atomic mass is 35.5. The number of aromatic hydroxyl groups is 1. The number of rotatable bonds is 4. The summed E-state index contributed by atoms with van der Waals surface area (Å²) in [4.78, 5) is 39.6. The molecule has 1 aromatic rings. The van der Waals surface area contributed by atoms with E-state index < -0.39 is 69.0 Å². The highest BCUT2D eigenvalue weighted by Gasteiger charge is 2.96. The van der Waals surface area contributed by atoms with Crippen LogP contribution in [0.4, 0.5) is 0 Å². The van der Waals surface area contributed by atoms with E-state index in [1.54, 1.807) is 19.1 Å². The minimum atomic E-state index is -2.29. The number of benzene rings is 1. The average Bonchev–Trinajstić information content (AvgIpc) is 3.69. The molecule has 2 saturated heterocycles. The Morgan fingerprint density at radius 2 is 1.98 bits per heavy atom. The number of fused-ring (bicyclic) bond motifs is 6. The number of aryl methyl sites for hydroxylation is 1. The number of hydrogen-bond donors (Lipinski definition) is 2. The van der Waals surface area contributed by atoms with E-state index in [0.29, 0.717) is 23.1 Å². The van der Waals surface area contributed by atoms with Crippen molar-refractivity contribution in [3.05, 3.63) is 58.2 Å². The van der Waals surface area contributed by atoms with Gasteiger partial charge < -0.3 is 33.9 Å². The number of aliphatic hydroxyl groups is 1. The topological polar surface area (TPSA) is 143 Å². The van der Waals surface area contributed by atoms with Gasteiger partial charge in [0.25, 0.3) is 0 Å². The van der Waals surface area contributed by atoms with Crippen molar-refractivity contribution in [1.82, 2.24) is 0 Å². The largest absolute Gasteiger partial charge is 0.507 e. The summed E-state index contributed by atoms with van der Waals surface area (Å²) in [5.74, 6) is -4.29. The second-order valence-electron chi connectivity index (χ2n) is 14.0. The summed E-state index contributed by atoms with van der Waals surface area (Å²) in [5, 5.41) is 22.1. The lowest BCUT2D eigenvalue weighted by molar-refractivity contribution is -0.481. The van der Waals surface area contributed by atoms with Crippen molar-refractivity contribution in [2.45, 2.75) is 93.2 Å². The summed E-state index contributed by atoms with van der Waals surface area (Å²) in [6.45, 7) is 7.57. The van der Waals surface area contributed by atoms with Crippen molar-refractivity contribution in [2.24, 2.45) is 10.8 Å². The molecule has 0 radical (unpaired) electrons. The van der Waals surface area contributed by atoms with Crippen molar-refractivity contribution >= 4 is 23.5 Å². The molecule has 0 aromatic heterocycles. The van der Waals surface area contributed by atoms with Gasteiger partial charge >= 0.3 is 17.7 Å². The van der Waals surface area contributed by atoms with Crippen molar-refractivity contribution < 1.29 is 53.3 Å². The number of halogens is 1. The van der Waals surface area contributed by atoms with Crippen molar-refractivity contribution in [3.8, 4) is 11.5 Å². The van der Waals surface area contributed by atoms with Crippen LogP contribution in [0.3, 0.4) is 0 Å². The Hall–Kier alpha value is -2.93. The molecule has 3 saturated carbocycles. The van der Waals surface area contributed by atoms with Crippen LogP contribution in [0.2, 0.25) is 0 Å². The number of alkyl halides is 1. The number of esters is 2. The normalized spacial score (nSPS) is 46.0. The van der Waals surface area contributed by atoms with Gasteiger partial charge in [-0.15, -0.1) is 11.6 Å². The molecule has 240 valence electrons. The van der Waals surface area contributed by atoms with Crippen LogP contribution < -0.4 is 4.74 Å². The number of carbonyl (C=O) groups excluding carboxylic acids is 2. The number of ether oxygens (including phenoxy) is 5. The summed E-state index contributed by atoms with van der Waals surface area (Å²) < 4.78 is 30.7. The molecule has 8 aliphatic rings. The maximum atomic E-state index is 14.2. The fourth-order valence-corrected chi connectivity index (χ4v) is 10.0. The molecule has 45 heavy (non-hydrogen) atoms. The quantitative estimate of drug-likeness (QED) is 0.163. The van der Waals surface area contributed by atoms with Gasteiger partial charge in [0.2, 0.25) is 5.60 Å². The van der Waals surface area contributed by atoms with Gasteiger partial charge in [-0.2, -0.15) is 0 Å². The molecular formula is C33H35ClO11. The molecule has 10 atom stereocenters. The van der Waals surface area contributed by atoms with Crippen LogP contribution in [0.5, 0.6) is 11.5 Å². The van der Waals surface area contributed by atoms with Gasteiger partial charge in [0.05, 0.1) is 13.2 Å². The minimum absolute atomic E-state index is 0.00913. The first-order valence-corrected chi connectivity index (χ1v) is 15.4. The average molecular weight is 643 g/mol. The van der Waals surface area contributed by atoms with E-state index in [-0.39, 0.29) is 29.9 Å². The summed E-state index contributed by atoms with van der Waals surface area (Å²) >= 11 is 7.87. The molecule has 2 spiro atoms.